The fraction of sp³-hybridized carbons (Fsp3) is 0.182. The number of H-pyrrole nitrogens is 2. The minimum atomic E-state index is -0.390. The van der Waals surface area contributed by atoms with Crippen LogP contribution in [0.2, 0.25) is 0 Å². The van der Waals surface area contributed by atoms with E-state index < -0.39 is 0 Å². The van der Waals surface area contributed by atoms with Gasteiger partial charge < -0.3 is 14.9 Å². The molecule has 1 unspecified atom stereocenters. The van der Waals surface area contributed by atoms with Crippen LogP contribution in [-0.2, 0) is 6.42 Å². The molecule has 7 nitrogen and oxygen atoms in total. The third kappa shape index (κ3) is 3.06. The Morgan fingerprint density at radius 2 is 2.00 bits per heavy atom. The number of aryl methyl sites for hydroxylation is 1. The summed E-state index contributed by atoms with van der Waals surface area (Å²) >= 11 is 0. The highest BCUT2D eigenvalue weighted by Crippen LogP contribution is 2.33. The van der Waals surface area contributed by atoms with E-state index in [0.29, 0.717) is 35.7 Å². The number of pyridine rings is 1. The van der Waals surface area contributed by atoms with Gasteiger partial charge in [0.2, 0.25) is 0 Å². The third-order valence-corrected chi connectivity index (χ3v) is 5.36. The number of fused-ring (bicyclic) bond motifs is 1. The molecule has 0 spiro atoms. The van der Waals surface area contributed by atoms with Crippen molar-refractivity contribution in [3.05, 3.63) is 89.3 Å². The number of aromatic nitrogens is 5. The zero-order valence-electron chi connectivity index (χ0n) is 16.3. The molecule has 0 fully saturated rings. The van der Waals surface area contributed by atoms with E-state index in [1.807, 2.05) is 25.1 Å². The van der Waals surface area contributed by atoms with E-state index in [2.05, 4.69) is 24.9 Å². The lowest BCUT2D eigenvalue weighted by atomic mass is 9.98. The second-order valence-corrected chi connectivity index (χ2v) is 7.24. The predicted molar refractivity (Wildman–Crippen MR) is 108 cm³/mol. The molecule has 0 bridgehead atoms. The van der Waals surface area contributed by atoms with Crippen LogP contribution in [-0.4, -0.2) is 42.3 Å². The number of aromatic amines is 2. The van der Waals surface area contributed by atoms with E-state index in [-0.39, 0.29) is 17.8 Å². The zero-order chi connectivity index (χ0) is 20.7. The van der Waals surface area contributed by atoms with E-state index in [4.69, 9.17) is 0 Å². The van der Waals surface area contributed by atoms with Crippen LogP contribution in [0, 0.1) is 12.7 Å². The molecule has 2 N–H and O–H groups in total. The fourth-order valence-corrected chi connectivity index (χ4v) is 3.88. The predicted octanol–water partition coefficient (Wildman–Crippen LogP) is 3.43. The molecular weight excluding hydrogens is 383 g/mol. The van der Waals surface area contributed by atoms with Gasteiger partial charge in [0.25, 0.3) is 5.91 Å². The van der Waals surface area contributed by atoms with Crippen LogP contribution in [0.25, 0.3) is 11.4 Å². The van der Waals surface area contributed by atoms with Crippen LogP contribution in [0.1, 0.15) is 39.3 Å². The lowest BCUT2D eigenvalue weighted by molar-refractivity contribution is 0.0681. The number of amides is 1. The van der Waals surface area contributed by atoms with Gasteiger partial charge in [-0.15, -0.1) is 0 Å². The highest BCUT2D eigenvalue weighted by atomic mass is 19.1. The Morgan fingerprint density at radius 1 is 1.17 bits per heavy atom. The number of carbonyl (C=O) groups excluding carboxylic acids is 1. The molecule has 0 aliphatic carbocycles. The minimum Gasteiger partial charge on any atom is -0.348 e. The van der Waals surface area contributed by atoms with Crippen LogP contribution in [0.4, 0.5) is 4.39 Å². The first kappa shape index (κ1) is 18.2. The van der Waals surface area contributed by atoms with Crippen molar-refractivity contribution in [1.82, 2.24) is 29.8 Å². The normalized spacial score (nSPS) is 15.8. The van der Waals surface area contributed by atoms with Crippen LogP contribution < -0.4 is 0 Å². The minimum absolute atomic E-state index is 0.193. The van der Waals surface area contributed by atoms with Gasteiger partial charge in [-0.3, -0.25) is 9.78 Å². The van der Waals surface area contributed by atoms with Crippen molar-refractivity contribution in [3.8, 4) is 11.4 Å². The average Bonchev–Trinajstić information content (AvgIpc) is 3.40. The number of imidazole rings is 2. The lowest BCUT2D eigenvalue weighted by Crippen LogP contribution is -2.41. The lowest BCUT2D eigenvalue weighted by Gasteiger charge is -2.34. The van der Waals surface area contributed by atoms with E-state index in [9.17, 15) is 9.18 Å². The van der Waals surface area contributed by atoms with Crippen molar-refractivity contribution in [2.24, 2.45) is 0 Å². The van der Waals surface area contributed by atoms with Gasteiger partial charge in [0.1, 0.15) is 23.4 Å². The summed E-state index contributed by atoms with van der Waals surface area (Å²) in [6.07, 6.45) is 4.05. The average molecular weight is 402 g/mol. The summed E-state index contributed by atoms with van der Waals surface area (Å²) in [5.41, 5.74) is 4.29. The number of rotatable bonds is 3. The Kier molecular flexibility index (Phi) is 4.39. The Hall–Kier alpha value is -3.81. The monoisotopic (exact) mass is 402 g/mol. The molecule has 4 heterocycles. The first-order valence-electron chi connectivity index (χ1n) is 9.68. The first-order chi connectivity index (χ1) is 14.6. The molecule has 1 aliphatic heterocycles. The Bertz CT molecular complexity index is 1200. The number of nitrogens with zero attached hydrogens (tertiary/aromatic N) is 4. The Labute approximate surface area is 172 Å². The third-order valence-electron chi connectivity index (χ3n) is 5.36. The fourth-order valence-electron chi connectivity index (χ4n) is 3.88. The molecule has 5 rings (SSSR count). The molecular formula is C22H19FN6O. The Balaban J connectivity index is 1.53. The summed E-state index contributed by atoms with van der Waals surface area (Å²) in [7, 11) is 0. The zero-order valence-corrected chi connectivity index (χ0v) is 16.3. The molecule has 8 heteroatoms. The van der Waals surface area contributed by atoms with E-state index >= 15 is 0 Å². The molecule has 150 valence electrons. The maximum Gasteiger partial charge on any atom is 0.275 e. The van der Waals surface area contributed by atoms with E-state index in [1.165, 1.54) is 12.1 Å². The van der Waals surface area contributed by atoms with Crippen LogP contribution in [0.5, 0.6) is 0 Å². The maximum absolute atomic E-state index is 13.6. The molecule has 4 aromatic rings. The molecule has 3 aromatic heterocycles. The van der Waals surface area contributed by atoms with Crippen LogP contribution >= 0.6 is 0 Å². The number of hydrogen-bond acceptors (Lipinski definition) is 4. The molecule has 0 saturated carbocycles. The van der Waals surface area contributed by atoms with E-state index in [0.717, 1.165) is 17.1 Å². The second-order valence-electron chi connectivity index (χ2n) is 7.24. The number of nitrogens with one attached hydrogen (secondary N) is 2. The topological polar surface area (TPSA) is 90.6 Å². The molecule has 1 aromatic carbocycles. The van der Waals surface area contributed by atoms with E-state index in [1.54, 1.807) is 29.6 Å². The van der Waals surface area contributed by atoms with Crippen molar-refractivity contribution in [3.63, 3.8) is 0 Å². The highest BCUT2D eigenvalue weighted by Gasteiger charge is 2.36. The quantitative estimate of drug-likeness (QED) is 0.549. The molecule has 0 saturated heterocycles. The smallest absolute Gasteiger partial charge is 0.275 e. The van der Waals surface area contributed by atoms with Crippen molar-refractivity contribution in [2.45, 2.75) is 19.4 Å². The summed E-state index contributed by atoms with van der Waals surface area (Å²) in [6.45, 7) is 2.33. The molecule has 1 aliphatic rings. The second kappa shape index (κ2) is 7.22. The largest absolute Gasteiger partial charge is 0.348 e. The molecule has 1 atom stereocenters. The standard InChI is InChI=1S/C22H19FN6O/c1-13-18(28-21(27-13)14-5-7-15(23)8-6-14)22(30)29-11-9-16-19(26-12-25-16)20(29)17-4-2-3-10-24-17/h2-8,10,12,20H,9,11H2,1H3,(H,25,26)(H,27,28). The first-order valence-corrected chi connectivity index (χ1v) is 9.68. The Morgan fingerprint density at radius 3 is 2.77 bits per heavy atom. The van der Waals surface area contributed by atoms with Crippen LogP contribution in [0.3, 0.4) is 0 Å². The van der Waals surface area contributed by atoms with Gasteiger partial charge in [-0.1, -0.05) is 6.07 Å². The molecule has 30 heavy (non-hydrogen) atoms. The van der Waals surface area contributed by atoms with Crippen molar-refractivity contribution in [1.29, 1.82) is 0 Å². The maximum atomic E-state index is 13.6. The van der Waals surface area contributed by atoms with Gasteiger partial charge in [0.15, 0.2) is 0 Å². The SMILES string of the molecule is Cc1[nH]c(-c2ccc(F)cc2)nc1C(=O)N1CCc2[nH]cnc2C1c1ccccn1. The number of hydrogen-bond donors (Lipinski definition) is 2. The van der Waals surface area contributed by atoms with Gasteiger partial charge in [0.05, 0.1) is 17.7 Å². The summed E-state index contributed by atoms with van der Waals surface area (Å²) in [6, 6.07) is 11.3. The molecule has 0 radical (unpaired) electrons. The van der Waals surface area contributed by atoms with Gasteiger partial charge in [-0.25, -0.2) is 14.4 Å². The number of halogens is 1. The summed E-state index contributed by atoms with van der Waals surface area (Å²) in [4.78, 5) is 35.1. The van der Waals surface area contributed by atoms with Gasteiger partial charge in [-0.05, 0) is 43.3 Å². The van der Waals surface area contributed by atoms with Crippen molar-refractivity contribution < 1.29 is 9.18 Å². The van der Waals surface area contributed by atoms with Gasteiger partial charge >= 0.3 is 0 Å². The van der Waals surface area contributed by atoms with Crippen molar-refractivity contribution >= 4 is 5.91 Å². The number of carbonyl (C=O) groups is 1. The summed E-state index contributed by atoms with van der Waals surface area (Å²) < 4.78 is 13.3. The van der Waals surface area contributed by atoms with Gasteiger partial charge in [-0.2, -0.15) is 0 Å². The summed E-state index contributed by atoms with van der Waals surface area (Å²) in [5, 5.41) is 0. The summed E-state index contributed by atoms with van der Waals surface area (Å²) in [5.74, 6) is 0.0174. The van der Waals surface area contributed by atoms with Gasteiger partial charge in [0, 0.05) is 36.1 Å². The van der Waals surface area contributed by atoms with Crippen molar-refractivity contribution in [2.75, 3.05) is 6.54 Å². The number of benzene rings is 1. The highest BCUT2D eigenvalue weighted by molar-refractivity contribution is 5.94. The molecule has 1 amide bonds. The van der Waals surface area contributed by atoms with Crippen LogP contribution in [0.15, 0.2) is 55.0 Å².